The van der Waals surface area contributed by atoms with Gasteiger partial charge < -0.3 is 0 Å². The van der Waals surface area contributed by atoms with Gasteiger partial charge in [-0.25, -0.2) is 0 Å². The van der Waals surface area contributed by atoms with Crippen LogP contribution in [-0.2, 0) is 9.59 Å². The highest BCUT2D eigenvalue weighted by atomic mass is 16.1. The van der Waals surface area contributed by atoms with Gasteiger partial charge in [0.05, 0.1) is 6.42 Å². The average Bonchev–Trinajstić information content (AvgIpc) is 2.01. The fraction of sp³-hybridized carbons (Fsp3) is 0.833. The Morgan fingerprint density at radius 3 is 1.93 bits per heavy atom. The minimum Gasteiger partial charge on any atom is -0.299 e. The highest BCUT2D eigenvalue weighted by Gasteiger charge is 2.13. The zero-order valence-corrected chi connectivity index (χ0v) is 9.80. The molecule has 2 nitrogen and oxygen atoms in total. The largest absolute Gasteiger partial charge is 0.299 e. The van der Waals surface area contributed by atoms with E-state index < -0.39 is 0 Å². The number of rotatable bonds is 7. The maximum absolute atomic E-state index is 11.4. The van der Waals surface area contributed by atoms with Crippen LogP contribution in [0.5, 0.6) is 0 Å². The van der Waals surface area contributed by atoms with Crippen LogP contribution in [0.1, 0.15) is 53.4 Å². The molecule has 0 aromatic rings. The van der Waals surface area contributed by atoms with Crippen LogP contribution in [0.15, 0.2) is 0 Å². The van der Waals surface area contributed by atoms with E-state index >= 15 is 0 Å². The van der Waals surface area contributed by atoms with E-state index in [1.807, 2.05) is 20.8 Å². The Balaban J connectivity index is 3.77. The first kappa shape index (κ1) is 13.3. The fourth-order valence-corrected chi connectivity index (χ4v) is 1.35. The molecular weight excluding hydrogens is 176 g/mol. The van der Waals surface area contributed by atoms with E-state index in [0.29, 0.717) is 24.7 Å². The molecule has 0 rings (SSSR count). The standard InChI is InChI=1S/C12H22O2/c1-5-10(4)7-12(14)8-11(13)6-9(2)3/h9-10H,5-8H2,1-4H3. The summed E-state index contributed by atoms with van der Waals surface area (Å²) < 4.78 is 0. The molecule has 1 atom stereocenters. The van der Waals surface area contributed by atoms with Crippen LogP contribution in [-0.4, -0.2) is 11.6 Å². The zero-order valence-electron chi connectivity index (χ0n) is 9.80. The summed E-state index contributed by atoms with van der Waals surface area (Å²) >= 11 is 0. The Hall–Kier alpha value is -0.660. The molecule has 0 saturated heterocycles. The summed E-state index contributed by atoms with van der Waals surface area (Å²) in [7, 11) is 0. The minimum atomic E-state index is 0.0910. The van der Waals surface area contributed by atoms with Crippen LogP contribution in [0.4, 0.5) is 0 Å². The molecule has 0 amide bonds. The van der Waals surface area contributed by atoms with Crippen molar-refractivity contribution in [3.05, 3.63) is 0 Å². The second-order valence-corrected chi connectivity index (χ2v) is 4.57. The van der Waals surface area contributed by atoms with E-state index in [1.165, 1.54) is 0 Å². The Morgan fingerprint density at radius 1 is 1.00 bits per heavy atom. The maximum atomic E-state index is 11.4. The topological polar surface area (TPSA) is 34.1 Å². The van der Waals surface area contributed by atoms with Gasteiger partial charge in [0.2, 0.25) is 0 Å². The van der Waals surface area contributed by atoms with Gasteiger partial charge in [-0.1, -0.05) is 34.1 Å². The summed E-state index contributed by atoms with van der Waals surface area (Å²) in [5, 5.41) is 0. The van der Waals surface area contributed by atoms with Gasteiger partial charge >= 0.3 is 0 Å². The normalized spacial score (nSPS) is 12.9. The molecule has 0 aliphatic carbocycles. The summed E-state index contributed by atoms with van der Waals surface area (Å²) in [6.07, 6.45) is 2.24. The van der Waals surface area contributed by atoms with Crippen LogP contribution in [0.2, 0.25) is 0 Å². The fourth-order valence-electron chi connectivity index (χ4n) is 1.35. The summed E-state index contributed by atoms with van der Waals surface area (Å²) in [4.78, 5) is 22.7. The van der Waals surface area contributed by atoms with E-state index in [1.54, 1.807) is 0 Å². The molecule has 0 aliphatic heterocycles. The third-order valence-electron chi connectivity index (χ3n) is 2.30. The minimum absolute atomic E-state index is 0.0910. The van der Waals surface area contributed by atoms with E-state index in [0.717, 1.165) is 6.42 Å². The van der Waals surface area contributed by atoms with Crippen LogP contribution in [0, 0.1) is 11.8 Å². The third-order valence-corrected chi connectivity index (χ3v) is 2.30. The highest BCUT2D eigenvalue weighted by molar-refractivity contribution is 5.99. The molecule has 0 aliphatic rings. The second-order valence-electron chi connectivity index (χ2n) is 4.57. The zero-order chi connectivity index (χ0) is 11.1. The lowest BCUT2D eigenvalue weighted by Gasteiger charge is -2.07. The van der Waals surface area contributed by atoms with Crippen molar-refractivity contribution in [2.45, 2.75) is 53.4 Å². The van der Waals surface area contributed by atoms with E-state index in [9.17, 15) is 9.59 Å². The first-order valence-corrected chi connectivity index (χ1v) is 5.49. The molecule has 0 radical (unpaired) electrons. The van der Waals surface area contributed by atoms with Crippen molar-refractivity contribution in [3.8, 4) is 0 Å². The van der Waals surface area contributed by atoms with Crippen LogP contribution >= 0.6 is 0 Å². The first-order valence-electron chi connectivity index (χ1n) is 5.49. The van der Waals surface area contributed by atoms with Crippen LogP contribution in [0.3, 0.4) is 0 Å². The maximum Gasteiger partial charge on any atom is 0.140 e. The number of Topliss-reactive ketones (excluding diaryl/α,β-unsaturated/α-hetero) is 2. The van der Waals surface area contributed by atoms with Gasteiger partial charge in [0.25, 0.3) is 0 Å². The first-order chi connectivity index (χ1) is 6.45. The van der Waals surface area contributed by atoms with Gasteiger partial charge in [-0.05, 0) is 11.8 Å². The third kappa shape index (κ3) is 6.81. The Bertz CT molecular complexity index is 194. The monoisotopic (exact) mass is 198 g/mol. The van der Waals surface area contributed by atoms with Gasteiger partial charge in [0.15, 0.2) is 0 Å². The molecule has 0 heterocycles. The van der Waals surface area contributed by atoms with Crippen molar-refractivity contribution in [1.29, 1.82) is 0 Å². The summed E-state index contributed by atoms with van der Waals surface area (Å²) in [5.41, 5.74) is 0. The van der Waals surface area contributed by atoms with Gasteiger partial charge in [0, 0.05) is 12.8 Å². The average molecular weight is 198 g/mol. The highest BCUT2D eigenvalue weighted by Crippen LogP contribution is 2.10. The van der Waals surface area contributed by atoms with E-state index in [4.69, 9.17) is 0 Å². The predicted molar refractivity (Wildman–Crippen MR) is 58.2 cm³/mol. The molecule has 0 saturated carbocycles. The number of ketones is 2. The molecule has 14 heavy (non-hydrogen) atoms. The molecular formula is C12H22O2. The molecule has 0 N–H and O–H groups in total. The molecule has 0 spiro atoms. The Morgan fingerprint density at radius 2 is 1.50 bits per heavy atom. The van der Waals surface area contributed by atoms with E-state index in [-0.39, 0.29) is 18.0 Å². The molecule has 2 heteroatoms. The number of carbonyl (C=O) groups is 2. The van der Waals surface area contributed by atoms with Crippen LogP contribution < -0.4 is 0 Å². The molecule has 1 unspecified atom stereocenters. The van der Waals surface area contributed by atoms with Crippen molar-refractivity contribution in [1.82, 2.24) is 0 Å². The van der Waals surface area contributed by atoms with Crippen molar-refractivity contribution >= 4 is 11.6 Å². The van der Waals surface area contributed by atoms with Crippen molar-refractivity contribution in [3.63, 3.8) is 0 Å². The lowest BCUT2D eigenvalue weighted by molar-refractivity contribution is -0.127. The Labute approximate surface area is 87.1 Å². The smallest absolute Gasteiger partial charge is 0.140 e. The van der Waals surface area contributed by atoms with Gasteiger partial charge in [0.1, 0.15) is 11.6 Å². The molecule has 0 aromatic carbocycles. The van der Waals surface area contributed by atoms with Crippen LogP contribution in [0.25, 0.3) is 0 Å². The van der Waals surface area contributed by atoms with Gasteiger partial charge in [-0.15, -0.1) is 0 Å². The molecule has 0 fully saturated rings. The summed E-state index contributed by atoms with van der Waals surface area (Å²) in [5.74, 6) is 0.964. The molecule has 0 bridgehead atoms. The SMILES string of the molecule is CCC(C)CC(=O)CC(=O)CC(C)C. The number of carbonyl (C=O) groups excluding carboxylic acids is 2. The van der Waals surface area contributed by atoms with Crippen molar-refractivity contribution in [2.24, 2.45) is 11.8 Å². The van der Waals surface area contributed by atoms with Crippen molar-refractivity contribution < 1.29 is 9.59 Å². The molecule has 82 valence electrons. The van der Waals surface area contributed by atoms with E-state index in [2.05, 4.69) is 6.92 Å². The van der Waals surface area contributed by atoms with Gasteiger partial charge in [-0.3, -0.25) is 9.59 Å². The quantitative estimate of drug-likeness (QED) is 0.589. The predicted octanol–water partition coefficient (Wildman–Crippen LogP) is 3.00. The van der Waals surface area contributed by atoms with Crippen molar-refractivity contribution in [2.75, 3.05) is 0 Å². The number of hydrogen-bond donors (Lipinski definition) is 0. The molecule has 0 aromatic heterocycles. The second kappa shape index (κ2) is 6.74. The Kier molecular flexibility index (Phi) is 6.43. The number of hydrogen-bond acceptors (Lipinski definition) is 2. The lowest BCUT2D eigenvalue weighted by Crippen LogP contribution is -2.12. The summed E-state index contributed by atoms with van der Waals surface area (Å²) in [6, 6.07) is 0. The lowest BCUT2D eigenvalue weighted by atomic mass is 9.97. The summed E-state index contributed by atoms with van der Waals surface area (Å²) in [6.45, 7) is 8.10. The van der Waals surface area contributed by atoms with Gasteiger partial charge in [-0.2, -0.15) is 0 Å².